The SMILES string of the molecule is Cc1cc(N/C=C2/C(=O)c3sccc3N(Cc3cccc(F)c3)S2(=O)=O)no1. The Hall–Kier alpha value is -2.98. The van der Waals surface area contributed by atoms with Crippen molar-refractivity contribution in [1.29, 1.82) is 0 Å². The summed E-state index contributed by atoms with van der Waals surface area (Å²) in [6.07, 6.45) is 1.11. The highest BCUT2D eigenvalue weighted by atomic mass is 32.2. The number of carbonyl (C=O) groups excluding carboxylic acids is 1. The van der Waals surface area contributed by atoms with Crippen molar-refractivity contribution >= 4 is 38.6 Å². The number of hydrogen-bond donors (Lipinski definition) is 1. The van der Waals surface area contributed by atoms with Crippen LogP contribution in [-0.4, -0.2) is 19.4 Å². The number of hydrogen-bond acceptors (Lipinski definition) is 7. The molecule has 1 aliphatic heterocycles. The van der Waals surface area contributed by atoms with Crippen molar-refractivity contribution in [1.82, 2.24) is 5.16 Å². The van der Waals surface area contributed by atoms with Crippen molar-refractivity contribution in [2.24, 2.45) is 0 Å². The Balaban J connectivity index is 1.76. The maximum atomic E-state index is 13.5. The fourth-order valence-corrected chi connectivity index (χ4v) is 5.31. The maximum Gasteiger partial charge on any atom is 0.270 e. The summed E-state index contributed by atoms with van der Waals surface area (Å²) in [7, 11) is -4.16. The minimum Gasteiger partial charge on any atom is -0.360 e. The van der Waals surface area contributed by atoms with Gasteiger partial charge in [0, 0.05) is 12.3 Å². The van der Waals surface area contributed by atoms with Gasteiger partial charge >= 0.3 is 0 Å². The first-order valence-corrected chi connectivity index (χ1v) is 10.5. The van der Waals surface area contributed by atoms with E-state index < -0.39 is 26.5 Å². The summed E-state index contributed by atoms with van der Waals surface area (Å²) in [5.74, 6) is -0.255. The van der Waals surface area contributed by atoms with Crippen LogP contribution in [0.4, 0.5) is 15.9 Å². The number of thiophene rings is 1. The Morgan fingerprint density at radius 2 is 2.14 bits per heavy atom. The quantitative estimate of drug-likeness (QED) is 0.649. The van der Waals surface area contributed by atoms with Crippen LogP contribution in [0.1, 0.15) is 21.0 Å². The number of benzene rings is 1. The van der Waals surface area contributed by atoms with Crippen LogP contribution in [0, 0.1) is 12.7 Å². The van der Waals surface area contributed by atoms with E-state index in [2.05, 4.69) is 10.5 Å². The van der Waals surface area contributed by atoms with E-state index in [4.69, 9.17) is 4.52 Å². The van der Waals surface area contributed by atoms with Gasteiger partial charge in [0.25, 0.3) is 10.0 Å². The maximum absolute atomic E-state index is 13.5. The van der Waals surface area contributed by atoms with E-state index in [1.807, 2.05) is 0 Å². The van der Waals surface area contributed by atoms with E-state index in [-0.39, 0.29) is 18.1 Å². The molecule has 0 saturated heterocycles. The van der Waals surface area contributed by atoms with E-state index in [1.54, 1.807) is 30.5 Å². The molecule has 0 unspecified atom stereocenters. The normalized spacial score (nSPS) is 17.0. The predicted molar refractivity (Wildman–Crippen MR) is 103 cm³/mol. The van der Waals surface area contributed by atoms with Crippen molar-refractivity contribution < 1.29 is 22.1 Å². The van der Waals surface area contributed by atoms with Crippen LogP contribution in [0.15, 0.2) is 57.4 Å². The molecule has 0 atom stereocenters. The van der Waals surface area contributed by atoms with Crippen LogP contribution in [-0.2, 0) is 16.6 Å². The molecule has 4 rings (SSSR count). The summed E-state index contributed by atoms with van der Waals surface area (Å²) < 4.78 is 45.9. The smallest absolute Gasteiger partial charge is 0.270 e. The third-order valence-corrected chi connectivity index (χ3v) is 6.77. The molecule has 0 radical (unpaired) electrons. The Labute approximate surface area is 164 Å². The standard InChI is InChI=1S/C18H14FN3O4S2/c1-11-7-16(21-26-11)20-9-15-17(23)18-14(5-6-27-18)22(28(15,24)25)10-12-3-2-4-13(19)8-12/h2-9H,10H2,1H3,(H,20,21)/b15-9-. The third kappa shape index (κ3) is 3.20. The highest BCUT2D eigenvalue weighted by Gasteiger charge is 2.41. The number of rotatable bonds is 4. The predicted octanol–water partition coefficient (Wildman–Crippen LogP) is 3.67. The van der Waals surface area contributed by atoms with Gasteiger partial charge in [-0.25, -0.2) is 12.8 Å². The van der Waals surface area contributed by atoms with Crippen LogP contribution in [0.3, 0.4) is 0 Å². The van der Waals surface area contributed by atoms with Crippen LogP contribution < -0.4 is 9.62 Å². The van der Waals surface area contributed by atoms with Crippen molar-refractivity contribution in [2.75, 3.05) is 9.62 Å². The molecule has 0 amide bonds. The van der Waals surface area contributed by atoms with Gasteiger partial charge in [0.2, 0.25) is 5.78 Å². The number of sulfonamides is 1. The zero-order valence-electron chi connectivity index (χ0n) is 14.5. The number of aryl methyl sites for hydroxylation is 1. The van der Waals surface area contributed by atoms with Gasteiger partial charge in [-0.15, -0.1) is 11.3 Å². The molecular formula is C18H14FN3O4S2. The Morgan fingerprint density at radius 1 is 1.32 bits per heavy atom. The van der Waals surface area contributed by atoms with Crippen molar-refractivity contribution in [2.45, 2.75) is 13.5 Å². The Kier molecular flexibility index (Phi) is 4.52. The third-order valence-electron chi connectivity index (χ3n) is 4.11. The Morgan fingerprint density at radius 3 is 2.86 bits per heavy atom. The van der Waals surface area contributed by atoms with Crippen LogP contribution in [0.25, 0.3) is 0 Å². The largest absolute Gasteiger partial charge is 0.360 e. The molecule has 0 aliphatic carbocycles. The van der Waals surface area contributed by atoms with Crippen LogP contribution in [0.2, 0.25) is 0 Å². The van der Waals surface area contributed by atoms with Crippen molar-refractivity contribution in [3.63, 3.8) is 0 Å². The molecule has 0 fully saturated rings. The summed E-state index contributed by atoms with van der Waals surface area (Å²) in [4.78, 5) is 12.6. The number of allylic oxidation sites excluding steroid dienone is 1. The lowest BCUT2D eigenvalue weighted by atomic mass is 10.2. The summed E-state index contributed by atoms with van der Waals surface area (Å²) in [6, 6.07) is 8.81. The van der Waals surface area contributed by atoms with Gasteiger partial charge < -0.3 is 9.84 Å². The van der Waals surface area contributed by atoms with E-state index in [1.165, 1.54) is 18.2 Å². The second-order valence-corrected chi connectivity index (χ2v) is 8.83. The van der Waals surface area contributed by atoms with E-state index in [0.717, 1.165) is 21.8 Å². The number of aromatic nitrogens is 1. The average molecular weight is 419 g/mol. The van der Waals surface area contributed by atoms with E-state index >= 15 is 0 Å². The van der Waals surface area contributed by atoms with E-state index in [9.17, 15) is 17.6 Å². The van der Waals surface area contributed by atoms with Gasteiger partial charge in [-0.2, -0.15) is 0 Å². The highest BCUT2D eigenvalue weighted by molar-refractivity contribution is 7.97. The molecule has 2 aromatic heterocycles. The molecule has 1 aliphatic rings. The highest BCUT2D eigenvalue weighted by Crippen LogP contribution is 2.39. The zero-order valence-corrected chi connectivity index (χ0v) is 16.2. The van der Waals surface area contributed by atoms with Crippen LogP contribution >= 0.6 is 11.3 Å². The molecule has 28 heavy (non-hydrogen) atoms. The topological polar surface area (TPSA) is 92.5 Å². The average Bonchev–Trinajstić information content (AvgIpc) is 3.28. The van der Waals surface area contributed by atoms with Crippen molar-refractivity contribution in [3.05, 3.63) is 74.9 Å². The number of fused-ring (bicyclic) bond motifs is 1. The molecule has 0 saturated carbocycles. The summed E-state index contributed by atoms with van der Waals surface area (Å²) >= 11 is 1.15. The number of nitrogens with one attached hydrogen (secondary N) is 1. The van der Waals surface area contributed by atoms with Gasteiger partial charge in [0.1, 0.15) is 16.5 Å². The Bertz CT molecular complexity index is 1200. The summed E-state index contributed by atoms with van der Waals surface area (Å²) in [6.45, 7) is 1.59. The fourth-order valence-electron chi connectivity index (χ4n) is 2.83. The first-order chi connectivity index (χ1) is 13.4. The van der Waals surface area contributed by atoms with Crippen LogP contribution in [0.5, 0.6) is 0 Å². The first-order valence-electron chi connectivity index (χ1n) is 8.15. The molecule has 3 aromatic rings. The number of anilines is 2. The lowest BCUT2D eigenvalue weighted by molar-refractivity contribution is 0.104. The van der Waals surface area contributed by atoms with Gasteiger partial charge in [-0.1, -0.05) is 17.3 Å². The molecule has 0 spiro atoms. The molecule has 1 aromatic carbocycles. The van der Waals surface area contributed by atoms with E-state index in [0.29, 0.717) is 16.2 Å². The number of Topliss-reactive ketones (excluding diaryl/α,β-unsaturated/α-hetero) is 1. The molecule has 1 N–H and O–H groups in total. The number of nitrogens with zero attached hydrogens (tertiary/aromatic N) is 2. The van der Waals surface area contributed by atoms with Gasteiger partial charge in [0.15, 0.2) is 10.7 Å². The number of halogens is 1. The monoisotopic (exact) mass is 419 g/mol. The lowest BCUT2D eigenvalue weighted by Crippen LogP contribution is -2.38. The van der Waals surface area contributed by atoms with Crippen molar-refractivity contribution in [3.8, 4) is 0 Å². The second-order valence-electron chi connectivity index (χ2n) is 6.08. The minimum atomic E-state index is -4.16. The minimum absolute atomic E-state index is 0.0997. The lowest BCUT2D eigenvalue weighted by Gasteiger charge is -2.29. The molecule has 0 bridgehead atoms. The molecule has 7 nitrogen and oxygen atoms in total. The summed E-state index contributed by atoms with van der Waals surface area (Å²) in [5.41, 5.74) is 0.753. The number of carbonyl (C=O) groups is 1. The van der Waals surface area contributed by atoms with Gasteiger partial charge in [-0.05, 0) is 36.1 Å². The second kappa shape index (κ2) is 6.88. The first kappa shape index (κ1) is 18.4. The molecular weight excluding hydrogens is 405 g/mol. The van der Waals surface area contributed by atoms with Gasteiger partial charge in [-0.3, -0.25) is 9.10 Å². The van der Waals surface area contributed by atoms with Gasteiger partial charge in [0.05, 0.1) is 12.2 Å². The molecule has 10 heteroatoms. The molecule has 144 valence electrons. The zero-order chi connectivity index (χ0) is 19.9. The summed E-state index contributed by atoms with van der Waals surface area (Å²) in [5, 5.41) is 8.05. The number of ketones is 1. The fraction of sp³-hybridized carbons (Fsp3) is 0.111. The molecule has 3 heterocycles.